The SMILES string of the molecule is CC(=O)NCCc1c[n+](C)ccn1. The molecule has 4 heteroatoms. The average molecular weight is 180 g/mol. The largest absolute Gasteiger partial charge is 0.356 e. The predicted molar refractivity (Wildman–Crippen MR) is 47.8 cm³/mol. The van der Waals surface area contributed by atoms with E-state index in [4.69, 9.17) is 0 Å². The summed E-state index contributed by atoms with van der Waals surface area (Å²) in [6.45, 7) is 2.16. The number of hydrogen-bond acceptors (Lipinski definition) is 2. The van der Waals surface area contributed by atoms with Gasteiger partial charge in [0.15, 0.2) is 12.4 Å². The summed E-state index contributed by atoms with van der Waals surface area (Å²) >= 11 is 0. The van der Waals surface area contributed by atoms with Gasteiger partial charge in [-0.1, -0.05) is 0 Å². The first kappa shape index (κ1) is 9.64. The zero-order chi connectivity index (χ0) is 9.68. The van der Waals surface area contributed by atoms with E-state index in [1.807, 2.05) is 24.0 Å². The van der Waals surface area contributed by atoms with Crippen LogP contribution in [-0.4, -0.2) is 17.4 Å². The van der Waals surface area contributed by atoms with Crippen LogP contribution in [0.3, 0.4) is 0 Å². The number of nitrogens with one attached hydrogen (secondary N) is 1. The fourth-order valence-electron chi connectivity index (χ4n) is 1.04. The summed E-state index contributed by atoms with van der Waals surface area (Å²) in [5.74, 6) is 0.000283. The number of aromatic nitrogens is 2. The van der Waals surface area contributed by atoms with E-state index in [0.29, 0.717) is 6.54 Å². The van der Waals surface area contributed by atoms with Crippen molar-refractivity contribution in [2.45, 2.75) is 13.3 Å². The lowest BCUT2D eigenvalue weighted by Crippen LogP contribution is -2.29. The summed E-state index contributed by atoms with van der Waals surface area (Å²) in [6.07, 6.45) is 6.35. The van der Waals surface area contributed by atoms with Gasteiger partial charge < -0.3 is 5.32 Å². The van der Waals surface area contributed by atoms with Crippen LogP contribution < -0.4 is 9.88 Å². The standard InChI is InChI=1S/C9H13N3O/c1-8(13)10-4-3-9-7-12(2)6-5-11-9/h5-7H,3-4H2,1-2H3/p+1. The highest BCUT2D eigenvalue weighted by Crippen LogP contribution is 1.88. The highest BCUT2D eigenvalue weighted by atomic mass is 16.1. The van der Waals surface area contributed by atoms with E-state index in [-0.39, 0.29) is 5.91 Å². The highest BCUT2D eigenvalue weighted by molar-refractivity contribution is 5.72. The Morgan fingerprint density at radius 3 is 3.08 bits per heavy atom. The first-order valence-electron chi connectivity index (χ1n) is 4.23. The third-order valence-electron chi connectivity index (χ3n) is 1.65. The molecule has 0 aliphatic carbocycles. The lowest BCUT2D eigenvalue weighted by Gasteiger charge is -1.99. The molecule has 4 nitrogen and oxygen atoms in total. The minimum atomic E-state index is 0.000283. The summed E-state index contributed by atoms with van der Waals surface area (Å²) in [4.78, 5) is 14.7. The Morgan fingerprint density at radius 1 is 1.69 bits per heavy atom. The van der Waals surface area contributed by atoms with Crippen LogP contribution in [0, 0.1) is 0 Å². The van der Waals surface area contributed by atoms with Crippen LogP contribution in [0.15, 0.2) is 18.6 Å². The summed E-state index contributed by atoms with van der Waals surface area (Å²) < 4.78 is 1.94. The Balaban J connectivity index is 2.41. The maximum absolute atomic E-state index is 10.6. The summed E-state index contributed by atoms with van der Waals surface area (Å²) in [7, 11) is 1.95. The fraction of sp³-hybridized carbons (Fsp3) is 0.444. The van der Waals surface area contributed by atoms with Crippen molar-refractivity contribution in [2.75, 3.05) is 6.54 Å². The predicted octanol–water partition coefficient (Wildman–Crippen LogP) is -0.415. The Kier molecular flexibility index (Phi) is 3.37. The molecule has 1 heterocycles. The van der Waals surface area contributed by atoms with Gasteiger partial charge >= 0.3 is 0 Å². The summed E-state index contributed by atoms with van der Waals surface area (Å²) in [5, 5.41) is 2.73. The van der Waals surface area contributed by atoms with Crippen LogP contribution in [0.25, 0.3) is 0 Å². The molecule has 70 valence electrons. The molecule has 0 aromatic carbocycles. The van der Waals surface area contributed by atoms with Gasteiger partial charge in [0.1, 0.15) is 12.7 Å². The molecule has 0 spiro atoms. The second kappa shape index (κ2) is 4.54. The van der Waals surface area contributed by atoms with Gasteiger partial charge in [0.25, 0.3) is 0 Å². The molecule has 0 unspecified atom stereocenters. The normalized spacial score (nSPS) is 9.69. The van der Waals surface area contributed by atoms with Crippen LogP contribution in [0.2, 0.25) is 0 Å². The monoisotopic (exact) mass is 180 g/mol. The van der Waals surface area contributed by atoms with Crippen molar-refractivity contribution in [1.29, 1.82) is 0 Å². The molecule has 1 aromatic rings. The lowest BCUT2D eigenvalue weighted by atomic mass is 10.3. The van der Waals surface area contributed by atoms with Crippen LogP contribution in [-0.2, 0) is 18.3 Å². The molecule has 0 bridgehead atoms. The number of carbonyl (C=O) groups excluding carboxylic acids is 1. The molecule has 1 N–H and O–H groups in total. The van der Waals surface area contributed by atoms with Crippen LogP contribution >= 0.6 is 0 Å². The van der Waals surface area contributed by atoms with Crippen LogP contribution in [0.1, 0.15) is 12.6 Å². The smallest absolute Gasteiger partial charge is 0.216 e. The third-order valence-corrected chi connectivity index (χ3v) is 1.65. The Labute approximate surface area is 77.6 Å². The summed E-state index contributed by atoms with van der Waals surface area (Å²) in [6, 6.07) is 0. The first-order chi connectivity index (χ1) is 6.18. The Hall–Kier alpha value is -1.45. The van der Waals surface area contributed by atoms with Gasteiger partial charge in [-0.05, 0) is 0 Å². The van der Waals surface area contributed by atoms with Gasteiger partial charge in [-0.25, -0.2) is 9.55 Å². The molecule has 0 radical (unpaired) electrons. The average Bonchev–Trinajstić information content (AvgIpc) is 2.03. The van der Waals surface area contributed by atoms with E-state index in [2.05, 4.69) is 10.3 Å². The zero-order valence-electron chi connectivity index (χ0n) is 7.95. The van der Waals surface area contributed by atoms with Crippen LogP contribution in [0.5, 0.6) is 0 Å². The number of aryl methyl sites for hydroxylation is 1. The molecule has 0 fully saturated rings. The van der Waals surface area contributed by atoms with E-state index in [9.17, 15) is 4.79 Å². The first-order valence-corrected chi connectivity index (χ1v) is 4.23. The van der Waals surface area contributed by atoms with Crippen molar-refractivity contribution in [3.8, 4) is 0 Å². The topological polar surface area (TPSA) is 45.9 Å². The Morgan fingerprint density at radius 2 is 2.46 bits per heavy atom. The van der Waals surface area contributed by atoms with Gasteiger partial charge in [-0.15, -0.1) is 0 Å². The number of amides is 1. The van der Waals surface area contributed by atoms with Gasteiger partial charge in [-0.2, -0.15) is 0 Å². The maximum atomic E-state index is 10.6. The fourth-order valence-corrected chi connectivity index (χ4v) is 1.04. The minimum Gasteiger partial charge on any atom is -0.356 e. The molecule has 0 atom stereocenters. The van der Waals surface area contributed by atoms with Gasteiger partial charge in [0.2, 0.25) is 5.91 Å². The zero-order valence-corrected chi connectivity index (χ0v) is 7.95. The van der Waals surface area contributed by atoms with Crippen molar-refractivity contribution >= 4 is 5.91 Å². The third kappa shape index (κ3) is 3.64. The molecule has 0 saturated heterocycles. The molecule has 1 rings (SSSR count). The van der Waals surface area contributed by atoms with E-state index in [0.717, 1.165) is 12.1 Å². The van der Waals surface area contributed by atoms with E-state index >= 15 is 0 Å². The second-order valence-corrected chi connectivity index (χ2v) is 2.95. The maximum Gasteiger partial charge on any atom is 0.216 e. The molecular formula is C9H14N3O+. The van der Waals surface area contributed by atoms with Crippen molar-refractivity contribution in [1.82, 2.24) is 10.3 Å². The van der Waals surface area contributed by atoms with Gasteiger partial charge in [0, 0.05) is 19.9 Å². The molecular weight excluding hydrogens is 166 g/mol. The van der Waals surface area contributed by atoms with Crippen molar-refractivity contribution < 1.29 is 9.36 Å². The molecule has 1 amide bonds. The Bertz CT molecular complexity index is 299. The number of carbonyl (C=O) groups is 1. The van der Waals surface area contributed by atoms with Crippen molar-refractivity contribution in [2.24, 2.45) is 7.05 Å². The molecule has 0 saturated carbocycles. The van der Waals surface area contributed by atoms with Gasteiger partial charge in [-0.3, -0.25) is 4.79 Å². The number of rotatable bonds is 3. The van der Waals surface area contributed by atoms with Gasteiger partial charge in [0.05, 0.1) is 6.20 Å². The molecule has 13 heavy (non-hydrogen) atoms. The van der Waals surface area contributed by atoms with E-state index in [1.165, 1.54) is 6.92 Å². The van der Waals surface area contributed by atoms with E-state index in [1.54, 1.807) is 6.20 Å². The lowest BCUT2D eigenvalue weighted by molar-refractivity contribution is -0.672. The van der Waals surface area contributed by atoms with E-state index < -0.39 is 0 Å². The number of hydrogen-bond donors (Lipinski definition) is 1. The highest BCUT2D eigenvalue weighted by Gasteiger charge is 1.99. The summed E-state index contributed by atoms with van der Waals surface area (Å²) in [5.41, 5.74) is 0.985. The molecule has 0 aliphatic rings. The van der Waals surface area contributed by atoms with Crippen molar-refractivity contribution in [3.63, 3.8) is 0 Å². The molecule has 0 aliphatic heterocycles. The quantitative estimate of drug-likeness (QED) is 0.642. The van der Waals surface area contributed by atoms with Crippen molar-refractivity contribution in [3.05, 3.63) is 24.3 Å². The molecule has 1 aromatic heterocycles. The van der Waals surface area contributed by atoms with Crippen LogP contribution in [0.4, 0.5) is 0 Å². The number of nitrogens with zero attached hydrogens (tertiary/aromatic N) is 2. The minimum absolute atomic E-state index is 0.000283. The second-order valence-electron chi connectivity index (χ2n) is 2.95.